The fraction of sp³-hybridized carbons (Fsp3) is 0.444. The maximum atomic E-state index is 11.6. The molecule has 8 nitrogen and oxygen atoms in total. The summed E-state index contributed by atoms with van der Waals surface area (Å²) >= 11 is 0. The zero-order valence-electron chi connectivity index (χ0n) is 8.88. The molecule has 1 aromatic heterocycles. The van der Waals surface area contributed by atoms with Crippen molar-refractivity contribution in [3.63, 3.8) is 0 Å². The number of carbonyl (C=O) groups excluding carboxylic acids is 1. The molecule has 17 heavy (non-hydrogen) atoms. The molecule has 2 N–H and O–H groups in total. The van der Waals surface area contributed by atoms with Crippen molar-refractivity contribution >= 4 is 11.9 Å². The summed E-state index contributed by atoms with van der Waals surface area (Å²) in [4.78, 5) is 22.2. The third kappa shape index (κ3) is 2.80. The molecule has 2 rings (SSSR count). The zero-order chi connectivity index (χ0) is 12.3. The van der Waals surface area contributed by atoms with Gasteiger partial charge in [0.1, 0.15) is 0 Å². The highest BCUT2D eigenvalue weighted by Crippen LogP contribution is 2.04. The normalized spacial score (nSPS) is 16.7. The molecule has 0 saturated carbocycles. The zero-order valence-corrected chi connectivity index (χ0v) is 8.88. The van der Waals surface area contributed by atoms with Crippen molar-refractivity contribution in [1.82, 2.24) is 15.6 Å². The van der Waals surface area contributed by atoms with Crippen LogP contribution in [-0.2, 0) is 4.74 Å². The van der Waals surface area contributed by atoms with E-state index in [9.17, 15) is 9.59 Å². The van der Waals surface area contributed by atoms with Gasteiger partial charge in [0.05, 0.1) is 13.2 Å². The number of nitrogens with one attached hydrogen (secondary N) is 1. The Kier molecular flexibility index (Phi) is 3.35. The van der Waals surface area contributed by atoms with Gasteiger partial charge in [-0.2, -0.15) is 0 Å². The summed E-state index contributed by atoms with van der Waals surface area (Å²) in [6.45, 7) is 2.24. The van der Waals surface area contributed by atoms with E-state index >= 15 is 0 Å². The second kappa shape index (κ2) is 4.93. The van der Waals surface area contributed by atoms with Crippen molar-refractivity contribution < 1.29 is 24.0 Å². The number of aromatic nitrogens is 1. The summed E-state index contributed by atoms with van der Waals surface area (Å²) in [6, 6.07) is 1.08. The lowest BCUT2D eigenvalue weighted by Gasteiger charge is -2.26. The molecule has 8 heteroatoms. The van der Waals surface area contributed by atoms with Crippen LogP contribution in [0, 0.1) is 0 Å². The first kappa shape index (κ1) is 11.6. The SMILES string of the molecule is O=C(NN1CCOCC1)c1cc(C(=O)O)on1. The largest absolute Gasteiger partial charge is 0.475 e. The molecule has 0 atom stereocenters. The van der Waals surface area contributed by atoms with Gasteiger partial charge in [0.25, 0.3) is 5.91 Å². The number of carboxylic acids is 1. The number of morpholine rings is 1. The number of nitrogens with zero attached hydrogens (tertiary/aromatic N) is 2. The van der Waals surface area contributed by atoms with E-state index in [0.29, 0.717) is 26.3 Å². The molecule has 1 fully saturated rings. The van der Waals surface area contributed by atoms with Crippen molar-refractivity contribution in [1.29, 1.82) is 0 Å². The van der Waals surface area contributed by atoms with Gasteiger partial charge in [-0.1, -0.05) is 5.16 Å². The van der Waals surface area contributed by atoms with Crippen LogP contribution >= 0.6 is 0 Å². The number of carbonyl (C=O) groups is 2. The monoisotopic (exact) mass is 241 g/mol. The summed E-state index contributed by atoms with van der Waals surface area (Å²) in [7, 11) is 0. The minimum atomic E-state index is -1.26. The lowest BCUT2D eigenvalue weighted by molar-refractivity contribution is 0.0123. The summed E-state index contributed by atoms with van der Waals surface area (Å²) in [6.07, 6.45) is 0. The smallest absolute Gasteiger partial charge is 0.374 e. The Labute approximate surface area is 96.1 Å². The lowest BCUT2D eigenvalue weighted by atomic mass is 10.3. The van der Waals surface area contributed by atoms with E-state index in [1.165, 1.54) is 0 Å². The van der Waals surface area contributed by atoms with Crippen LogP contribution in [0.25, 0.3) is 0 Å². The van der Waals surface area contributed by atoms with Crippen molar-refractivity contribution in [3.05, 3.63) is 17.5 Å². The Morgan fingerprint density at radius 3 is 2.71 bits per heavy atom. The van der Waals surface area contributed by atoms with Crippen LogP contribution in [-0.4, -0.2) is 53.5 Å². The van der Waals surface area contributed by atoms with E-state index in [1.54, 1.807) is 5.01 Å². The maximum Gasteiger partial charge on any atom is 0.374 e. The van der Waals surface area contributed by atoms with Gasteiger partial charge in [0.2, 0.25) is 5.76 Å². The van der Waals surface area contributed by atoms with Crippen molar-refractivity contribution in [2.24, 2.45) is 0 Å². The van der Waals surface area contributed by atoms with Gasteiger partial charge < -0.3 is 14.4 Å². The number of rotatable bonds is 3. The molecule has 1 saturated heterocycles. The second-order valence-electron chi connectivity index (χ2n) is 3.42. The van der Waals surface area contributed by atoms with Gasteiger partial charge in [-0.05, 0) is 0 Å². The molecule has 92 valence electrons. The van der Waals surface area contributed by atoms with Crippen LogP contribution in [0.4, 0.5) is 0 Å². The average molecular weight is 241 g/mol. The number of ether oxygens (including phenoxy) is 1. The Balaban J connectivity index is 1.96. The molecule has 0 aliphatic carbocycles. The first-order valence-electron chi connectivity index (χ1n) is 5.00. The molecule has 1 amide bonds. The van der Waals surface area contributed by atoms with E-state index in [2.05, 4.69) is 15.1 Å². The second-order valence-corrected chi connectivity index (χ2v) is 3.42. The van der Waals surface area contributed by atoms with Gasteiger partial charge in [0.15, 0.2) is 5.69 Å². The standard InChI is InChI=1S/C9H11N3O5/c13-8(10-12-1-3-16-4-2-12)6-5-7(9(14)15)17-11-6/h5H,1-4H2,(H,10,13)(H,14,15). The van der Waals surface area contributed by atoms with Crippen LogP contribution in [0.15, 0.2) is 10.6 Å². The summed E-state index contributed by atoms with van der Waals surface area (Å²) in [5, 5.41) is 13.7. The number of hydrazine groups is 1. The van der Waals surface area contributed by atoms with Crippen LogP contribution in [0.2, 0.25) is 0 Å². The summed E-state index contributed by atoms with van der Waals surface area (Å²) in [5.41, 5.74) is 2.53. The molecule has 1 aliphatic heterocycles. The molecule has 0 spiro atoms. The minimum absolute atomic E-state index is 0.0612. The summed E-state index contributed by atoms with van der Waals surface area (Å²) < 4.78 is 9.60. The van der Waals surface area contributed by atoms with Gasteiger partial charge in [0, 0.05) is 19.2 Å². The van der Waals surface area contributed by atoms with E-state index in [4.69, 9.17) is 9.84 Å². The van der Waals surface area contributed by atoms with Crippen LogP contribution < -0.4 is 5.43 Å². The molecular weight excluding hydrogens is 230 g/mol. The van der Waals surface area contributed by atoms with Crippen LogP contribution in [0.1, 0.15) is 21.0 Å². The number of hydrogen-bond donors (Lipinski definition) is 2. The number of carboxylic acid groups (broad SMARTS) is 1. The lowest BCUT2D eigenvalue weighted by Crippen LogP contribution is -2.48. The van der Waals surface area contributed by atoms with Gasteiger partial charge in [-0.15, -0.1) is 0 Å². The average Bonchev–Trinajstić information content (AvgIpc) is 2.79. The van der Waals surface area contributed by atoms with E-state index < -0.39 is 11.9 Å². The van der Waals surface area contributed by atoms with E-state index in [0.717, 1.165) is 6.07 Å². The number of hydrogen-bond acceptors (Lipinski definition) is 6. The first-order chi connectivity index (χ1) is 8.16. The predicted molar refractivity (Wildman–Crippen MR) is 53.3 cm³/mol. The fourth-order valence-corrected chi connectivity index (χ4v) is 1.36. The molecular formula is C9H11N3O5. The van der Waals surface area contributed by atoms with E-state index in [-0.39, 0.29) is 11.5 Å². The summed E-state index contributed by atoms with van der Waals surface area (Å²) in [5.74, 6) is -2.12. The van der Waals surface area contributed by atoms with Crippen molar-refractivity contribution in [2.45, 2.75) is 0 Å². The Morgan fingerprint density at radius 1 is 1.41 bits per heavy atom. The van der Waals surface area contributed by atoms with Crippen molar-refractivity contribution in [2.75, 3.05) is 26.3 Å². The number of amides is 1. The van der Waals surface area contributed by atoms with Gasteiger partial charge in [-0.25, -0.2) is 9.80 Å². The maximum absolute atomic E-state index is 11.6. The van der Waals surface area contributed by atoms with E-state index in [1.807, 2.05) is 0 Å². The molecule has 0 aromatic carbocycles. The van der Waals surface area contributed by atoms with Gasteiger partial charge >= 0.3 is 5.97 Å². The van der Waals surface area contributed by atoms with Gasteiger partial charge in [-0.3, -0.25) is 10.2 Å². The van der Waals surface area contributed by atoms with Crippen molar-refractivity contribution in [3.8, 4) is 0 Å². The molecule has 1 aliphatic rings. The minimum Gasteiger partial charge on any atom is -0.475 e. The quantitative estimate of drug-likeness (QED) is 0.724. The highest BCUT2D eigenvalue weighted by atomic mass is 16.5. The Bertz CT molecular complexity index is 424. The Morgan fingerprint density at radius 2 is 2.12 bits per heavy atom. The molecule has 1 aromatic rings. The third-order valence-electron chi connectivity index (χ3n) is 2.22. The number of aromatic carboxylic acids is 1. The Hall–Kier alpha value is -1.93. The predicted octanol–water partition coefficient (Wildman–Crippen LogP) is -0.650. The molecule has 0 radical (unpaired) electrons. The third-order valence-corrected chi connectivity index (χ3v) is 2.22. The topological polar surface area (TPSA) is 105 Å². The molecule has 0 unspecified atom stereocenters. The van der Waals surface area contributed by atoms with Crippen LogP contribution in [0.3, 0.4) is 0 Å². The fourth-order valence-electron chi connectivity index (χ4n) is 1.36. The van der Waals surface area contributed by atoms with Crippen LogP contribution in [0.5, 0.6) is 0 Å². The highest BCUT2D eigenvalue weighted by Gasteiger charge is 2.19. The molecule has 2 heterocycles. The molecule has 0 bridgehead atoms. The highest BCUT2D eigenvalue weighted by molar-refractivity contribution is 5.94. The first-order valence-corrected chi connectivity index (χ1v) is 5.00.